The fraction of sp³-hybridized carbons (Fsp3) is 0.537. The van der Waals surface area contributed by atoms with Crippen LogP contribution in [0.2, 0.25) is 19.6 Å². The number of phenols is 1. The van der Waals surface area contributed by atoms with Crippen molar-refractivity contribution in [3.05, 3.63) is 82.4 Å². The third-order valence-corrected chi connectivity index (χ3v) is 11.0. The van der Waals surface area contributed by atoms with Crippen molar-refractivity contribution in [2.45, 2.75) is 130 Å². The zero-order valence-corrected chi connectivity index (χ0v) is 32.3. The van der Waals surface area contributed by atoms with E-state index in [2.05, 4.69) is 105 Å². The normalized spacial score (nSPS) is 13.6. The maximum Gasteiger partial charge on any atom is 0.144 e. The highest BCUT2D eigenvalue weighted by Gasteiger charge is 2.44. The molecule has 2 N–H and O–H groups in total. The average molecular weight is 660 g/mol. The van der Waals surface area contributed by atoms with Gasteiger partial charge in [0.1, 0.15) is 22.8 Å². The number of aliphatic imine (C=N–C) groups is 1. The van der Waals surface area contributed by atoms with E-state index in [0.717, 1.165) is 42.0 Å². The minimum absolute atomic E-state index is 0.167. The molecule has 3 aromatic rings. The molecule has 6 heteroatoms. The summed E-state index contributed by atoms with van der Waals surface area (Å²) in [5.74, 6) is 1.48. The van der Waals surface area contributed by atoms with Gasteiger partial charge in [0.15, 0.2) is 0 Å². The molecule has 47 heavy (non-hydrogen) atoms. The topological polar surface area (TPSA) is 71.3 Å². The van der Waals surface area contributed by atoms with Crippen LogP contribution in [0.15, 0.2) is 59.6 Å². The fourth-order valence-electron chi connectivity index (χ4n) is 5.73. The van der Waals surface area contributed by atoms with E-state index in [9.17, 15) is 10.2 Å². The lowest BCUT2D eigenvalue weighted by atomic mass is 9.75. The first-order valence-electron chi connectivity index (χ1n) is 17.5. The predicted octanol–water partition coefficient (Wildman–Crippen LogP) is 9.63. The highest BCUT2D eigenvalue weighted by atomic mass is 28.3. The predicted molar refractivity (Wildman–Crippen MR) is 202 cm³/mol. The first-order chi connectivity index (χ1) is 21.8. The summed E-state index contributed by atoms with van der Waals surface area (Å²) in [5.41, 5.74) is 2.26. The number of aliphatic hydroxyl groups is 1. The van der Waals surface area contributed by atoms with Crippen LogP contribution in [0.3, 0.4) is 0 Å². The maximum absolute atomic E-state index is 13.5. The highest BCUT2D eigenvalue weighted by molar-refractivity contribution is 6.89. The molecule has 0 aromatic heterocycles. The van der Waals surface area contributed by atoms with Crippen molar-refractivity contribution in [2.24, 2.45) is 4.99 Å². The number of benzene rings is 3. The largest absolute Gasteiger partial charge is 0.507 e. The summed E-state index contributed by atoms with van der Waals surface area (Å²) in [6.45, 7) is 27.2. The second kappa shape index (κ2) is 15.4. The van der Waals surface area contributed by atoms with Crippen molar-refractivity contribution >= 4 is 19.5 Å². The quantitative estimate of drug-likeness (QED) is 0.103. The van der Waals surface area contributed by atoms with Gasteiger partial charge in [-0.2, -0.15) is 0 Å². The van der Waals surface area contributed by atoms with Crippen LogP contribution in [0.4, 0.5) is 0 Å². The third kappa shape index (κ3) is 9.29. The van der Waals surface area contributed by atoms with Crippen molar-refractivity contribution in [1.82, 2.24) is 0 Å². The van der Waals surface area contributed by atoms with Crippen molar-refractivity contribution < 1.29 is 19.7 Å². The molecule has 258 valence electrons. The van der Waals surface area contributed by atoms with Crippen LogP contribution in [0.1, 0.15) is 116 Å². The molecule has 3 rings (SSSR count). The van der Waals surface area contributed by atoms with Gasteiger partial charge in [0.2, 0.25) is 0 Å². The summed E-state index contributed by atoms with van der Waals surface area (Å²) in [6.07, 6.45) is 5.58. The zero-order valence-electron chi connectivity index (χ0n) is 31.3. The highest BCUT2D eigenvalue weighted by Crippen LogP contribution is 2.46. The van der Waals surface area contributed by atoms with Crippen molar-refractivity contribution in [3.63, 3.8) is 0 Å². The van der Waals surface area contributed by atoms with Gasteiger partial charge in [0, 0.05) is 22.9 Å². The molecular weight excluding hydrogens is 599 g/mol. The van der Waals surface area contributed by atoms with Crippen molar-refractivity contribution in [3.8, 4) is 17.2 Å². The fourth-order valence-corrected chi connectivity index (χ4v) is 7.32. The maximum atomic E-state index is 13.5. The SMILES string of the molecule is CCCCOc1ccc(C(C)(C)C)cc1C(O)(c1cc(C(C)(C)C)ccc1OCCCC)C(C)N=Cc1c(O)cccc1[Si](C)(C)C. The lowest BCUT2D eigenvalue weighted by molar-refractivity contribution is 0.0519. The van der Waals surface area contributed by atoms with Gasteiger partial charge in [-0.25, -0.2) is 0 Å². The van der Waals surface area contributed by atoms with E-state index in [1.807, 2.05) is 25.1 Å². The van der Waals surface area contributed by atoms with Gasteiger partial charge in [-0.05, 0) is 77.2 Å². The first-order valence-corrected chi connectivity index (χ1v) is 21.0. The van der Waals surface area contributed by atoms with E-state index >= 15 is 0 Å². The monoisotopic (exact) mass is 659 g/mol. The van der Waals surface area contributed by atoms with Gasteiger partial charge in [-0.1, -0.05) is 112 Å². The molecule has 0 aliphatic carbocycles. The number of hydrogen-bond acceptors (Lipinski definition) is 5. The second-order valence-electron chi connectivity index (χ2n) is 16.0. The summed E-state index contributed by atoms with van der Waals surface area (Å²) in [6, 6.07) is 17.4. The van der Waals surface area contributed by atoms with Crippen LogP contribution >= 0.6 is 0 Å². The first kappa shape index (κ1) is 38.4. The molecule has 0 saturated carbocycles. The van der Waals surface area contributed by atoms with E-state index in [1.165, 1.54) is 0 Å². The summed E-state index contributed by atoms with van der Waals surface area (Å²) in [7, 11) is -1.82. The number of aromatic hydroxyl groups is 1. The van der Waals surface area contributed by atoms with Gasteiger partial charge in [-0.3, -0.25) is 4.99 Å². The Bertz CT molecular complexity index is 1440. The molecular formula is C41H61NO4Si. The van der Waals surface area contributed by atoms with Crippen molar-refractivity contribution in [2.75, 3.05) is 13.2 Å². The van der Waals surface area contributed by atoms with Gasteiger partial charge < -0.3 is 19.7 Å². The number of ether oxygens (including phenoxy) is 2. The number of phenolic OH excluding ortho intramolecular Hbond substituents is 1. The lowest BCUT2D eigenvalue weighted by Gasteiger charge is -2.37. The number of unbranched alkanes of at least 4 members (excludes halogenated alkanes) is 2. The van der Waals surface area contributed by atoms with Crippen LogP contribution in [-0.4, -0.2) is 43.8 Å². The molecule has 0 amide bonds. The standard InChI is InChI=1S/C41H61NO4Si/c1-13-15-24-45-36-22-20-30(39(4,5)6)26-33(36)41(44,29(3)42-28-32-35(43)18-17-19-38(32)47(10,11)12)34-27-31(40(7,8)9)21-23-37(34)46-25-16-14-2/h17-23,26-29,43-44H,13-16,24-25H2,1-12H3. The van der Waals surface area contributed by atoms with Crippen LogP contribution in [0.5, 0.6) is 17.2 Å². The zero-order chi connectivity index (χ0) is 35.2. The molecule has 1 atom stereocenters. The number of nitrogens with zero attached hydrogens (tertiary/aromatic N) is 1. The van der Waals surface area contributed by atoms with E-state index in [1.54, 1.807) is 12.3 Å². The lowest BCUT2D eigenvalue weighted by Crippen LogP contribution is -2.41. The Kier molecular flexibility index (Phi) is 12.6. The molecule has 0 spiro atoms. The summed E-state index contributed by atoms with van der Waals surface area (Å²) in [4.78, 5) is 5.09. The summed E-state index contributed by atoms with van der Waals surface area (Å²) >= 11 is 0. The molecule has 0 radical (unpaired) electrons. The van der Waals surface area contributed by atoms with Gasteiger partial charge in [0.05, 0.1) is 27.3 Å². The minimum Gasteiger partial charge on any atom is -0.507 e. The van der Waals surface area contributed by atoms with Crippen LogP contribution < -0.4 is 14.7 Å². The molecule has 1 unspecified atom stereocenters. The van der Waals surface area contributed by atoms with Gasteiger partial charge in [-0.15, -0.1) is 0 Å². The Labute approximate surface area is 286 Å². The molecule has 0 aliphatic heterocycles. The third-order valence-electron chi connectivity index (χ3n) is 8.95. The van der Waals surface area contributed by atoms with E-state index < -0.39 is 19.7 Å². The Morgan fingerprint density at radius 3 is 1.64 bits per heavy atom. The average Bonchev–Trinajstić information content (AvgIpc) is 2.98. The van der Waals surface area contributed by atoms with Crippen molar-refractivity contribution in [1.29, 1.82) is 0 Å². The molecule has 0 bridgehead atoms. The molecule has 3 aromatic carbocycles. The van der Waals surface area contributed by atoms with E-state index in [0.29, 0.717) is 41.4 Å². The Balaban J connectivity index is 2.43. The molecule has 0 heterocycles. The smallest absolute Gasteiger partial charge is 0.144 e. The van der Waals surface area contributed by atoms with Crippen LogP contribution in [0, 0.1) is 0 Å². The van der Waals surface area contributed by atoms with Gasteiger partial charge >= 0.3 is 0 Å². The summed E-state index contributed by atoms with van der Waals surface area (Å²) < 4.78 is 12.9. The Morgan fingerprint density at radius 1 is 0.766 bits per heavy atom. The number of rotatable bonds is 14. The molecule has 0 aliphatic rings. The van der Waals surface area contributed by atoms with Crippen LogP contribution in [-0.2, 0) is 16.4 Å². The molecule has 5 nitrogen and oxygen atoms in total. The Hall–Kier alpha value is -3.09. The van der Waals surface area contributed by atoms with Crippen LogP contribution in [0.25, 0.3) is 0 Å². The number of hydrogen-bond donors (Lipinski definition) is 2. The summed E-state index contributed by atoms with van der Waals surface area (Å²) in [5, 5.41) is 25.7. The van der Waals surface area contributed by atoms with Gasteiger partial charge in [0.25, 0.3) is 0 Å². The minimum atomic E-state index is -1.82. The second-order valence-corrected chi connectivity index (χ2v) is 21.1. The molecule has 0 fully saturated rings. The van der Waals surface area contributed by atoms with E-state index in [-0.39, 0.29) is 16.6 Å². The Morgan fingerprint density at radius 2 is 1.23 bits per heavy atom. The molecule has 0 saturated heterocycles. The van der Waals surface area contributed by atoms with E-state index in [4.69, 9.17) is 14.5 Å².